The molecule has 0 aromatic rings. The van der Waals surface area contributed by atoms with Crippen molar-refractivity contribution in [3.05, 3.63) is 36.1 Å². The fourth-order valence-electron chi connectivity index (χ4n) is 2.06. The van der Waals surface area contributed by atoms with Gasteiger partial charge in [0, 0.05) is 12.7 Å². The molecule has 0 radical (unpaired) electrons. The van der Waals surface area contributed by atoms with Crippen LogP contribution in [-0.4, -0.2) is 17.5 Å². The van der Waals surface area contributed by atoms with Gasteiger partial charge in [-0.2, -0.15) is 0 Å². The summed E-state index contributed by atoms with van der Waals surface area (Å²) in [6, 6.07) is 0.519. The van der Waals surface area contributed by atoms with Crippen molar-refractivity contribution >= 4 is 0 Å². The van der Waals surface area contributed by atoms with Gasteiger partial charge in [-0.3, -0.25) is 0 Å². The number of nitrogens with zero attached hydrogens (tertiary/aromatic N) is 1. The number of fused-ring (bicyclic) bond motifs is 1. The Balaban J connectivity index is 2.25. The SMILES string of the molecule is CC(C)(C)C1=CCN2C=CC=CC12. The third-order valence-corrected chi connectivity index (χ3v) is 2.75. The third-order valence-electron chi connectivity index (χ3n) is 2.75. The minimum atomic E-state index is 0.301. The molecular formula is C12H17N. The van der Waals surface area contributed by atoms with Gasteiger partial charge in [-0.1, -0.05) is 39.0 Å². The first-order chi connectivity index (χ1) is 6.09. The quantitative estimate of drug-likeness (QED) is 0.512. The summed E-state index contributed by atoms with van der Waals surface area (Å²) in [6.45, 7) is 7.93. The Bertz CT molecular complexity index is 289. The highest BCUT2D eigenvalue weighted by molar-refractivity contribution is 5.33. The summed E-state index contributed by atoms with van der Waals surface area (Å²) in [4.78, 5) is 2.38. The molecule has 1 unspecified atom stereocenters. The van der Waals surface area contributed by atoms with E-state index < -0.39 is 0 Å². The predicted molar refractivity (Wildman–Crippen MR) is 56.3 cm³/mol. The Hall–Kier alpha value is -0.980. The van der Waals surface area contributed by atoms with Crippen molar-refractivity contribution in [1.82, 2.24) is 4.90 Å². The minimum Gasteiger partial charge on any atom is -0.364 e. The first-order valence-electron chi connectivity index (χ1n) is 4.90. The molecule has 0 saturated carbocycles. The monoisotopic (exact) mass is 175 g/mol. The van der Waals surface area contributed by atoms with Crippen LogP contribution in [0.15, 0.2) is 36.1 Å². The van der Waals surface area contributed by atoms with Gasteiger partial charge in [-0.15, -0.1) is 0 Å². The van der Waals surface area contributed by atoms with Gasteiger partial charge in [-0.05, 0) is 17.1 Å². The van der Waals surface area contributed by atoms with Crippen LogP contribution in [-0.2, 0) is 0 Å². The molecule has 1 atom stereocenters. The highest BCUT2D eigenvalue weighted by Gasteiger charge is 2.31. The van der Waals surface area contributed by atoms with Crippen LogP contribution in [0.5, 0.6) is 0 Å². The minimum absolute atomic E-state index is 0.301. The Labute approximate surface area is 80.4 Å². The Morgan fingerprint density at radius 1 is 1.31 bits per heavy atom. The maximum atomic E-state index is 2.38. The molecule has 70 valence electrons. The van der Waals surface area contributed by atoms with E-state index in [-0.39, 0.29) is 0 Å². The molecule has 0 N–H and O–H groups in total. The normalized spacial score (nSPS) is 26.2. The van der Waals surface area contributed by atoms with E-state index in [0.29, 0.717) is 11.5 Å². The number of hydrogen-bond donors (Lipinski definition) is 0. The Kier molecular flexibility index (Phi) is 1.83. The summed E-state index contributed by atoms with van der Waals surface area (Å²) in [5.74, 6) is 0. The van der Waals surface area contributed by atoms with Gasteiger partial charge in [-0.25, -0.2) is 0 Å². The van der Waals surface area contributed by atoms with Crippen molar-refractivity contribution in [3.63, 3.8) is 0 Å². The first-order valence-corrected chi connectivity index (χ1v) is 4.90. The lowest BCUT2D eigenvalue weighted by Crippen LogP contribution is -2.30. The van der Waals surface area contributed by atoms with Gasteiger partial charge < -0.3 is 4.90 Å². The zero-order valence-corrected chi connectivity index (χ0v) is 8.62. The smallest absolute Gasteiger partial charge is 0.0693 e. The second kappa shape index (κ2) is 2.76. The molecule has 2 aliphatic heterocycles. The molecule has 2 aliphatic rings. The molecule has 0 fully saturated rings. The molecule has 0 aromatic heterocycles. The maximum Gasteiger partial charge on any atom is 0.0693 e. The van der Waals surface area contributed by atoms with E-state index in [4.69, 9.17) is 0 Å². The molecule has 1 heteroatoms. The topological polar surface area (TPSA) is 3.24 Å². The largest absolute Gasteiger partial charge is 0.364 e. The van der Waals surface area contributed by atoms with E-state index in [2.05, 4.69) is 56.2 Å². The van der Waals surface area contributed by atoms with Gasteiger partial charge in [0.15, 0.2) is 0 Å². The third kappa shape index (κ3) is 1.43. The molecular weight excluding hydrogens is 158 g/mol. The molecule has 0 aliphatic carbocycles. The van der Waals surface area contributed by atoms with Crippen molar-refractivity contribution in [2.45, 2.75) is 26.8 Å². The van der Waals surface area contributed by atoms with Crippen LogP contribution in [0.25, 0.3) is 0 Å². The fraction of sp³-hybridized carbons (Fsp3) is 0.500. The molecule has 0 spiro atoms. The van der Waals surface area contributed by atoms with Gasteiger partial charge in [0.2, 0.25) is 0 Å². The highest BCUT2D eigenvalue weighted by atomic mass is 15.2. The van der Waals surface area contributed by atoms with Gasteiger partial charge in [0.1, 0.15) is 0 Å². The molecule has 0 saturated heterocycles. The van der Waals surface area contributed by atoms with E-state index in [1.807, 2.05) is 0 Å². The van der Waals surface area contributed by atoms with Crippen LogP contribution in [0, 0.1) is 5.41 Å². The summed E-state index contributed by atoms with van der Waals surface area (Å²) in [6.07, 6.45) is 11.1. The Morgan fingerprint density at radius 2 is 2.08 bits per heavy atom. The summed E-state index contributed by atoms with van der Waals surface area (Å²) in [5, 5.41) is 0. The predicted octanol–water partition coefficient (Wildman–Crippen LogP) is 2.73. The van der Waals surface area contributed by atoms with Crippen molar-refractivity contribution < 1.29 is 0 Å². The van der Waals surface area contributed by atoms with Gasteiger partial charge in [0.05, 0.1) is 6.04 Å². The lowest BCUT2D eigenvalue weighted by Gasteiger charge is -2.31. The molecule has 0 aromatic carbocycles. The van der Waals surface area contributed by atoms with Crippen LogP contribution in [0.2, 0.25) is 0 Å². The lowest BCUT2D eigenvalue weighted by molar-refractivity contribution is 0.366. The Morgan fingerprint density at radius 3 is 2.77 bits per heavy atom. The van der Waals surface area contributed by atoms with E-state index >= 15 is 0 Å². The summed E-state index contributed by atoms with van der Waals surface area (Å²) >= 11 is 0. The van der Waals surface area contributed by atoms with Gasteiger partial charge >= 0.3 is 0 Å². The van der Waals surface area contributed by atoms with E-state index in [1.165, 1.54) is 0 Å². The van der Waals surface area contributed by atoms with Crippen LogP contribution < -0.4 is 0 Å². The summed E-state index contributed by atoms with van der Waals surface area (Å²) in [5.41, 5.74) is 1.85. The molecule has 2 heterocycles. The van der Waals surface area contributed by atoms with Crippen molar-refractivity contribution in [3.8, 4) is 0 Å². The second-order valence-corrected chi connectivity index (χ2v) is 4.78. The van der Waals surface area contributed by atoms with Crippen LogP contribution in [0.3, 0.4) is 0 Å². The van der Waals surface area contributed by atoms with E-state index in [9.17, 15) is 0 Å². The van der Waals surface area contributed by atoms with Crippen molar-refractivity contribution in [2.24, 2.45) is 5.41 Å². The standard InChI is InChI=1S/C12H17N/c1-12(2,3)10-7-9-13-8-5-4-6-11(10)13/h4-8,11H,9H2,1-3H3. The zero-order valence-electron chi connectivity index (χ0n) is 8.62. The van der Waals surface area contributed by atoms with Crippen molar-refractivity contribution in [1.29, 1.82) is 0 Å². The number of allylic oxidation sites excluding steroid dienone is 2. The van der Waals surface area contributed by atoms with E-state index in [1.54, 1.807) is 5.57 Å². The molecule has 0 amide bonds. The lowest BCUT2D eigenvalue weighted by atomic mass is 9.82. The second-order valence-electron chi connectivity index (χ2n) is 4.78. The van der Waals surface area contributed by atoms with Crippen LogP contribution >= 0.6 is 0 Å². The first kappa shape index (κ1) is 8.61. The highest BCUT2D eigenvalue weighted by Crippen LogP contribution is 2.35. The fourth-order valence-corrected chi connectivity index (χ4v) is 2.06. The average molecular weight is 175 g/mol. The van der Waals surface area contributed by atoms with Crippen LogP contribution in [0.1, 0.15) is 20.8 Å². The van der Waals surface area contributed by atoms with Crippen LogP contribution in [0.4, 0.5) is 0 Å². The van der Waals surface area contributed by atoms with Crippen molar-refractivity contribution in [2.75, 3.05) is 6.54 Å². The average Bonchev–Trinajstić information content (AvgIpc) is 2.45. The summed E-state index contributed by atoms with van der Waals surface area (Å²) in [7, 11) is 0. The molecule has 2 rings (SSSR count). The number of hydrogen-bond acceptors (Lipinski definition) is 1. The number of rotatable bonds is 0. The summed E-state index contributed by atoms with van der Waals surface area (Å²) < 4.78 is 0. The molecule has 1 nitrogen and oxygen atoms in total. The molecule has 0 bridgehead atoms. The maximum absolute atomic E-state index is 2.38. The molecule has 13 heavy (non-hydrogen) atoms. The van der Waals surface area contributed by atoms with E-state index in [0.717, 1.165) is 6.54 Å². The van der Waals surface area contributed by atoms with Gasteiger partial charge in [0.25, 0.3) is 0 Å². The zero-order chi connectivity index (χ0) is 9.47.